The van der Waals surface area contributed by atoms with Gasteiger partial charge >= 0.3 is 11.9 Å². The van der Waals surface area contributed by atoms with Gasteiger partial charge in [-0.1, -0.05) is 19.3 Å². The maximum atomic E-state index is 13.3. The molecule has 0 aromatic heterocycles. The zero-order valence-corrected chi connectivity index (χ0v) is 19.3. The largest absolute Gasteiger partial charge is 0.467 e. The summed E-state index contributed by atoms with van der Waals surface area (Å²) in [6.45, 7) is 0. The van der Waals surface area contributed by atoms with E-state index in [1.807, 2.05) is 6.07 Å². The van der Waals surface area contributed by atoms with Crippen LogP contribution in [-0.2, 0) is 23.9 Å². The number of hydrogen-bond donors (Lipinski definition) is 1. The van der Waals surface area contributed by atoms with E-state index in [1.54, 1.807) is 0 Å². The Hall–Kier alpha value is -4.27. The number of ether oxygens (including phenoxy) is 2. The molecule has 1 N–H and O–H groups in total. The molecule has 1 heterocycles. The number of carbonyl (C=O) groups is 3. The van der Waals surface area contributed by atoms with Gasteiger partial charge < -0.3 is 14.8 Å². The van der Waals surface area contributed by atoms with Crippen molar-refractivity contribution in [1.82, 2.24) is 10.3 Å². The van der Waals surface area contributed by atoms with Crippen LogP contribution in [0.5, 0.6) is 0 Å². The third-order valence-electron chi connectivity index (χ3n) is 5.93. The summed E-state index contributed by atoms with van der Waals surface area (Å²) >= 11 is 0. The summed E-state index contributed by atoms with van der Waals surface area (Å²) in [4.78, 5) is 49.3. The number of nitro groups is 1. The second-order valence-electron chi connectivity index (χ2n) is 8.06. The van der Waals surface area contributed by atoms with Crippen molar-refractivity contribution in [3.05, 3.63) is 51.2 Å². The number of hydrogen-bond acceptors (Lipinski definition) is 10. The van der Waals surface area contributed by atoms with Crippen LogP contribution in [0.3, 0.4) is 0 Å². The van der Waals surface area contributed by atoms with E-state index in [0.29, 0.717) is 5.56 Å². The van der Waals surface area contributed by atoms with Crippen LogP contribution in [0.4, 0.5) is 5.69 Å². The van der Waals surface area contributed by atoms with E-state index >= 15 is 0 Å². The molecule has 0 spiro atoms. The van der Waals surface area contributed by atoms with E-state index in [1.165, 1.54) is 30.5 Å². The minimum absolute atomic E-state index is 0.0217. The maximum Gasteiger partial charge on any atom is 0.338 e. The zero-order valence-electron chi connectivity index (χ0n) is 19.3. The standard InChI is InChI=1S/C23H25N5O7/c1-34-22(30)18-19(26-15-6-4-3-5-7-15)17(12-24)21(29)27(20(18)23(31)35-2)25-13-14-8-10-16(11-9-14)28(32)33/h8-11,13,15,17,20,26H,3-7H2,1-2H3/b25-13+. The average Bonchev–Trinajstić information content (AvgIpc) is 2.88. The number of carbonyl (C=O) groups excluding carboxylic acids is 3. The molecule has 1 amide bonds. The van der Waals surface area contributed by atoms with Crippen LogP contribution < -0.4 is 5.32 Å². The van der Waals surface area contributed by atoms with E-state index in [9.17, 15) is 29.8 Å². The summed E-state index contributed by atoms with van der Waals surface area (Å²) in [6.07, 6.45) is 5.74. The average molecular weight is 483 g/mol. The number of nitrogens with one attached hydrogen (secondary N) is 1. The van der Waals surface area contributed by atoms with Gasteiger partial charge in [-0.2, -0.15) is 10.4 Å². The Morgan fingerprint density at radius 1 is 1.20 bits per heavy atom. The lowest BCUT2D eigenvalue weighted by Gasteiger charge is -2.37. The van der Waals surface area contributed by atoms with E-state index in [2.05, 4.69) is 10.4 Å². The predicted octanol–water partition coefficient (Wildman–Crippen LogP) is 1.80. The first kappa shape index (κ1) is 25.4. The molecule has 1 aromatic rings. The number of amides is 1. The van der Waals surface area contributed by atoms with Gasteiger partial charge in [0.15, 0.2) is 12.0 Å². The van der Waals surface area contributed by atoms with Crippen LogP contribution in [0.1, 0.15) is 37.7 Å². The molecule has 2 unspecified atom stereocenters. The normalized spacial score (nSPS) is 20.9. The van der Waals surface area contributed by atoms with Crippen molar-refractivity contribution in [2.24, 2.45) is 11.0 Å². The molecule has 0 bridgehead atoms. The Bertz CT molecular complexity index is 1100. The predicted molar refractivity (Wildman–Crippen MR) is 121 cm³/mol. The lowest BCUT2D eigenvalue weighted by Crippen LogP contribution is -2.55. The summed E-state index contributed by atoms with van der Waals surface area (Å²) in [5, 5.41) is 28.7. The molecule has 35 heavy (non-hydrogen) atoms. The minimum Gasteiger partial charge on any atom is -0.467 e. The molecule has 2 atom stereocenters. The molecule has 1 aliphatic carbocycles. The number of rotatable bonds is 7. The van der Waals surface area contributed by atoms with Gasteiger partial charge in [0.2, 0.25) is 0 Å². The third-order valence-corrected chi connectivity index (χ3v) is 5.93. The second-order valence-corrected chi connectivity index (χ2v) is 8.06. The van der Waals surface area contributed by atoms with Crippen molar-refractivity contribution in [2.75, 3.05) is 14.2 Å². The van der Waals surface area contributed by atoms with Gasteiger partial charge in [-0.05, 0) is 30.5 Å². The van der Waals surface area contributed by atoms with Gasteiger partial charge in [0.25, 0.3) is 11.6 Å². The Morgan fingerprint density at radius 2 is 1.86 bits per heavy atom. The summed E-state index contributed by atoms with van der Waals surface area (Å²) in [5.41, 5.74) is 0.0446. The first-order chi connectivity index (χ1) is 16.8. The minimum atomic E-state index is -1.59. The first-order valence-corrected chi connectivity index (χ1v) is 11.0. The molecule has 1 aromatic carbocycles. The monoisotopic (exact) mass is 483 g/mol. The summed E-state index contributed by atoms with van der Waals surface area (Å²) in [5.74, 6) is -4.10. The quantitative estimate of drug-likeness (QED) is 0.263. The van der Waals surface area contributed by atoms with E-state index in [0.717, 1.165) is 51.3 Å². The highest BCUT2D eigenvalue weighted by atomic mass is 16.6. The van der Waals surface area contributed by atoms with Gasteiger partial charge in [-0.15, -0.1) is 0 Å². The number of non-ortho nitro benzene ring substituents is 1. The molecule has 1 saturated carbocycles. The summed E-state index contributed by atoms with van der Waals surface area (Å²) < 4.78 is 9.76. The van der Waals surface area contributed by atoms with Crippen LogP contribution >= 0.6 is 0 Å². The molecule has 12 heteroatoms. The van der Waals surface area contributed by atoms with Crippen molar-refractivity contribution in [3.8, 4) is 6.07 Å². The fourth-order valence-corrected chi connectivity index (χ4v) is 4.15. The molecule has 1 aliphatic heterocycles. The molecule has 184 valence electrons. The number of nitro benzene ring substituents is 1. The maximum absolute atomic E-state index is 13.3. The Balaban J connectivity index is 2.07. The van der Waals surface area contributed by atoms with Gasteiger partial charge in [-0.3, -0.25) is 14.9 Å². The second kappa shape index (κ2) is 11.2. The summed E-state index contributed by atoms with van der Waals surface area (Å²) in [7, 11) is 2.23. The highest BCUT2D eigenvalue weighted by molar-refractivity contribution is 6.04. The van der Waals surface area contributed by atoms with E-state index in [4.69, 9.17) is 9.47 Å². The van der Waals surface area contributed by atoms with Crippen LogP contribution in [0.25, 0.3) is 0 Å². The molecule has 3 rings (SSSR count). The molecule has 0 saturated heterocycles. The number of esters is 2. The Kier molecular flexibility index (Phi) is 8.14. The SMILES string of the molecule is COC(=O)C1=C(NC2CCCCC2)C(C#N)C(=O)N(/N=C/c2ccc([N+](=O)[O-])cc2)C1C(=O)OC. The molecule has 2 aliphatic rings. The molecule has 12 nitrogen and oxygen atoms in total. The summed E-state index contributed by atoms with van der Waals surface area (Å²) in [6, 6.07) is 5.55. The number of nitriles is 1. The smallest absolute Gasteiger partial charge is 0.338 e. The fourth-order valence-electron chi connectivity index (χ4n) is 4.15. The van der Waals surface area contributed by atoms with Crippen LogP contribution in [0.2, 0.25) is 0 Å². The number of nitrogens with zero attached hydrogens (tertiary/aromatic N) is 4. The molecular formula is C23H25N5O7. The highest BCUT2D eigenvalue weighted by Crippen LogP contribution is 2.32. The van der Waals surface area contributed by atoms with Crippen molar-refractivity contribution in [2.45, 2.75) is 44.2 Å². The van der Waals surface area contributed by atoms with Crippen molar-refractivity contribution in [3.63, 3.8) is 0 Å². The molecule has 0 radical (unpaired) electrons. The first-order valence-electron chi connectivity index (χ1n) is 11.0. The van der Waals surface area contributed by atoms with Gasteiger partial charge in [-0.25, -0.2) is 14.6 Å². The van der Waals surface area contributed by atoms with Crippen LogP contribution in [0, 0.1) is 27.4 Å². The Morgan fingerprint density at radius 3 is 2.40 bits per heavy atom. The van der Waals surface area contributed by atoms with Gasteiger partial charge in [0.1, 0.15) is 0 Å². The van der Waals surface area contributed by atoms with Crippen molar-refractivity contribution >= 4 is 29.7 Å². The van der Waals surface area contributed by atoms with Crippen LogP contribution in [0.15, 0.2) is 40.6 Å². The lowest BCUT2D eigenvalue weighted by atomic mass is 9.88. The highest BCUT2D eigenvalue weighted by Gasteiger charge is 2.49. The van der Waals surface area contributed by atoms with E-state index in [-0.39, 0.29) is 23.0 Å². The topological polar surface area (TPSA) is 164 Å². The van der Waals surface area contributed by atoms with Gasteiger partial charge in [0, 0.05) is 18.2 Å². The van der Waals surface area contributed by atoms with Crippen LogP contribution in [-0.4, -0.2) is 60.3 Å². The number of hydrazone groups is 1. The van der Waals surface area contributed by atoms with E-state index < -0.39 is 34.7 Å². The molecule has 1 fully saturated rings. The number of benzene rings is 1. The van der Waals surface area contributed by atoms with Crippen molar-refractivity contribution < 1.29 is 28.8 Å². The van der Waals surface area contributed by atoms with Crippen molar-refractivity contribution in [1.29, 1.82) is 5.26 Å². The zero-order chi connectivity index (χ0) is 25.5. The lowest BCUT2D eigenvalue weighted by molar-refractivity contribution is -0.384. The third kappa shape index (κ3) is 5.46. The van der Waals surface area contributed by atoms with Gasteiger partial charge in [0.05, 0.1) is 42.7 Å². The Labute approximate surface area is 201 Å². The fraction of sp³-hybridized carbons (Fsp3) is 0.435. The molecular weight excluding hydrogens is 458 g/mol. The number of methoxy groups -OCH3 is 2.